The Hall–Kier alpha value is -4.16. The molecule has 46 heavy (non-hydrogen) atoms. The minimum atomic E-state index is -4.93. The summed E-state index contributed by atoms with van der Waals surface area (Å²) in [5.74, 6) is -0.765. The summed E-state index contributed by atoms with van der Waals surface area (Å²) >= 11 is 0. The van der Waals surface area contributed by atoms with Crippen molar-refractivity contribution >= 4 is 22.9 Å². The van der Waals surface area contributed by atoms with Crippen LogP contribution < -0.4 is 20.5 Å². The third-order valence-corrected chi connectivity index (χ3v) is 9.24. The normalized spacial score (nSPS) is 20.3. The van der Waals surface area contributed by atoms with Gasteiger partial charge in [-0.3, -0.25) is 19.4 Å². The molecule has 3 heterocycles. The summed E-state index contributed by atoms with van der Waals surface area (Å²) in [5, 5.41) is 2.63. The minimum Gasteiger partial charge on any atom is -0.497 e. The molecular formula is C34H39F4N5O3. The zero-order valence-corrected chi connectivity index (χ0v) is 26.5. The van der Waals surface area contributed by atoms with Crippen LogP contribution in [0.15, 0.2) is 59.5 Å². The summed E-state index contributed by atoms with van der Waals surface area (Å²) in [7, 11) is 3.62. The van der Waals surface area contributed by atoms with Gasteiger partial charge in [-0.15, -0.1) is 0 Å². The standard InChI is InChI=1S/C34H39F4N5O3/c1-20-18-43(19-21(2)41(20)4)31-16-29(35)26(14-30(31)40-33(45)27-17-39-32(44)15-28(27)34(36,37)38)24-10-12-42(13-11-24)22(3)23-6-8-25(46-5)9-7-23/h6-10,14-17,20-22H,11-13,18-19H2,1-5H3,(H,39,44)(H,40,45)/t20-,21?,22?/m0/s1. The number of carbonyl (C=O) groups excluding carboxylic acids is 1. The Morgan fingerprint density at radius 2 is 1.76 bits per heavy atom. The van der Waals surface area contributed by atoms with Gasteiger partial charge in [-0.25, -0.2) is 4.39 Å². The summed E-state index contributed by atoms with van der Waals surface area (Å²) in [5.41, 5.74) is -0.334. The number of halogens is 4. The number of aromatic nitrogens is 1. The van der Waals surface area contributed by atoms with Crippen LogP contribution in [-0.2, 0) is 6.18 Å². The Morgan fingerprint density at radius 1 is 1.09 bits per heavy atom. The molecule has 0 radical (unpaired) electrons. The maximum absolute atomic E-state index is 16.0. The minimum absolute atomic E-state index is 0.103. The lowest BCUT2D eigenvalue weighted by atomic mass is 9.95. The van der Waals surface area contributed by atoms with Gasteiger partial charge >= 0.3 is 6.18 Å². The summed E-state index contributed by atoms with van der Waals surface area (Å²) in [4.78, 5) is 33.7. The number of nitrogens with zero attached hydrogens (tertiary/aromatic N) is 3. The molecule has 1 aromatic heterocycles. The van der Waals surface area contributed by atoms with Crippen molar-refractivity contribution in [3.63, 3.8) is 0 Å². The summed E-state index contributed by atoms with van der Waals surface area (Å²) in [6, 6.07) is 11.4. The van der Waals surface area contributed by atoms with E-state index in [4.69, 9.17) is 4.74 Å². The molecule has 0 spiro atoms. The van der Waals surface area contributed by atoms with Crippen LogP contribution >= 0.6 is 0 Å². The number of aromatic amines is 1. The van der Waals surface area contributed by atoms with Crippen molar-refractivity contribution in [2.45, 2.75) is 51.5 Å². The molecular weight excluding hydrogens is 602 g/mol. The number of H-pyrrole nitrogens is 1. The highest BCUT2D eigenvalue weighted by Gasteiger charge is 2.36. The second-order valence-electron chi connectivity index (χ2n) is 12.1. The van der Waals surface area contributed by atoms with Gasteiger partial charge in [-0.2, -0.15) is 13.2 Å². The smallest absolute Gasteiger partial charge is 0.417 e. The van der Waals surface area contributed by atoms with E-state index in [1.54, 1.807) is 7.11 Å². The van der Waals surface area contributed by atoms with Crippen LogP contribution in [0.2, 0.25) is 0 Å². The molecule has 2 unspecified atom stereocenters. The fraction of sp³-hybridized carbons (Fsp3) is 0.412. The Balaban J connectivity index is 1.48. The van der Waals surface area contributed by atoms with E-state index < -0.39 is 34.6 Å². The van der Waals surface area contributed by atoms with Crippen LogP contribution in [-0.4, -0.2) is 73.1 Å². The molecule has 0 bridgehead atoms. The monoisotopic (exact) mass is 641 g/mol. The topological polar surface area (TPSA) is 80.9 Å². The number of hydrogen-bond donors (Lipinski definition) is 2. The number of methoxy groups -OCH3 is 1. The highest BCUT2D eigenvalue weighted by molar-refractivity contribution is 6.07. The Bertz CT molecular complexity index is 1660. The molecule has 3 atom stereocenters. The summed E-state index contributed by atoms with van der Waals surface area (Å²) in [6.45, 7) is 8.44. The van der Waals surface area contributed by atoms with E-state index in [9.17, 15) is 22.8 Å². The van der Waals surface area contributed by atoms with Gasteiger partial charge in [0, 0.05) is 62.1 Å². The van der Waals surface area contributed by atoms with Crippen LogP contribution in [0, 0.1) is 5.82 Å². The SMILES string of the molecule is COc1ccc(C(C)N2CC=C(c3cc(NC(=O)c4c[nH]c(=O)cc4C(F)(F)F)c(N4CC(C)N(C)[C@@H](C)C4)cc3F)CC2)cc1. The molecule has 2 aromatic carbocycles. The van der Waals surface area contributed by atoms with Gasteiger partial charge in [0.05, 0.1) is 29.6 Å². The van der Waals surface area contributed by atoms with Gasteiger partial charge in [0.15, 0.2) is 0 Å². The molecule has 2 aliphatic rings. The zero-order valence-electron chi connectivity index (χ0n) is 26.5. The number of ether oxygens (including phenoxy) is 1. The van der Waals surface area contributed by atoms with E-state index >= 15 is 4.39 Å². The number of carbonyl (C=O) groups is 1. The molecule has 0 saturated carbocycles. The lowest BCUT2D eigenvalue weighted by Crippen LogP contribution is -2.55. The molecule has 2 aliphatic heterocycles. The summed E-state index contributed by atoms with van der Waals surface area (Å²) < 4.78 is 62.6. The van der Waals surface area contributed by atoms with Crippen molar-refractivity contribution in [2.75, 3.05) is 50.6 Å². The first-order chi connectivity index (χ1) is 21.8. The van der Waals surface area contributed by atoms with Crippen LogP contribution in [0.4, 0.5) is 28.9 Å². The van der Waals surface area contributed by atoms with Crippen molar-refractivity contribution in [1.29, 1.82) is 0 Å². The molecule has 5 rings (SSSR count). The van der Waals surface area contributed by atoms with E-state index in [-0.39, 0.29) is 29.4 Å². The molecule has 1 saturated heterocycles. The van der Waals surface area contributed by atoms with E-state index in [1.165, 1.54) is 12.1 Å². The van der Waals surface area contributed by atoms with Gasteiger partial charge in [0.1, 0.15) is 11.6 Å². The van der Waals surface area contributed by atoms with Crippen molar-refractivity contribution in [1.82, 2.24) is 14.8 Å². The number of benzene rings is 2. The highest BCUT2D eigenvalue weighted by Crippen LogP contribution is 2.38. The number of piperazine rings is 1. The number of anilines is 2. The van der Waals surface area contributed by atoms with Crippen LogP contribution in [0.3, 0.4) is 0 Å². The molecule has 12 heteroatoms. The molecule has 3 aromatic rings. The fourth-order valence-electron chi connectivity index (χ4n) is 6.23. The second kappa shape index (κ2) is 13.3. The largest absolute Gasteiger partial charge is 0.497 e. The average Bonchev–Trinajstić information content (AvgIpc) is 3.03. The first-order valence-corrected chi connectivity index (χ1v) is 15.3. The third kappa shape index (κ3) is 6.97. The van der Waals surface area contributed by atoms with Crippen LogP contribution in [0.1, 0.15) is 60.3 Å². The molecule has 2 N–H and O–H groups in total. The molecule has 8 nitrogen and oxygen atoms in total. The van der Waals surface area contributed by atoms with Crippen LogP contribution in [0.5, 0.6) is 5.75 Å². The molecule has 0 aliphatic carbocycles. The van der Waals surface area contributed by atoms with E-state index in [2.05, 4.69) is 27.0 Å². The van der Waals surface area contributed by atoms with Crippen molar-refractivity contribution in [3.8, 4) is 5.75 Å². The first kappa shape index (κ1) is 33.2. The van der Waals surface area contributed by atoms with E-state index in [0.717, 1.165) is 23.1 Å². The number of amides is 1. The molecule has 1 amide bonds. The first-order valence-electron chi connectivity index (χ1n) is 15.3. The van der Waals surface area contributed by atoms with Crippen molar-refractivity contribution in [2.24, 2.45) is 0 Å². The second-order valence-corrected chi connectivity index (χ2v) is 12.1. The number of rotatable bonds is 7. The Labute approximate surface area is 265 Å². The van der Waals surface area contributed by atoms with Gasteiger partial charge in [-0.1, -0.05) is 18.2 Å². The fourth-order valence-corrected chi connectivity index (χ4v) is 6.23. The van der Waals surface area contributed by atoms with Crippen LogP contribution in [0.25, 0.3) is 5.57 Å². The Kier molecular flexibility index (Phi) is 9.59. The Morgan fingerprint density at radius 3 is 2.35 bits per heavy atom. The van der Waals surface area contributed by atoms with E-state index in [0.29, 0.717) is 44.4 Å². The van der Waals surface area contributed by atoms with Gasteiger partial charge in [0.2, 0.25) is 5.56 Å². The number of likely N-dealkylation sites (N-methyl/N-ethyl adjacent to an activating group) is 1. The lowest BCUT2D eigenvalue weighted by molar-refractivity contribution is -0.138. The quantitative estimate of drug-likeness (QED) is 0.301. The van der Waals surface area contributed by atoms with E-state index in [1.807, 2.05) is 56.1 Å². The maximum Gasteiger partial charge on any atom is 0.417 e. The average molecular weight is 642 g/mol. The summed E-state index contributed by atoms with van der Waals surface area (Å²) in [6.07, 6.45) is -1.68. The van der Waals surface area contributed by atoms with Crippen molar-refractivity contribution in [3.05, 3.63) is 93.2 Å². The van der Waals surface area contributed by atoms with Gasteiger partial charge in [-0.05, 0) is 69.6 Å². The van der Waals surface area contributed by atoms with Crippen molar-refractivity contribution < 1.29 is 27.1 Å². The van der Waals surface area contributed by atoms with Gasteiger partial charge in [0.25, 0.3) is 5.91 Å². The number of hydrogen-bond acceptors (Lipinski definition) is 6. The number of nitrogens with one attached hydrogen (secondary N) is 2. The maximum atomic E-state index is 16.0. The van der Waals surface area contributed by atoms with Gasteiger partial charge < -0.3 is 19.9 Å². The lowest BCUT2D eigenvalue weighted by Gasteiger charge is -2.44. The zero-order chi connectivity index (χ0) is 33.3. The predicted octanol–water partition coefficient (Wildman–Crippen LogP) is 6.17. The number of pyridine rings is 1. The predicted molar refractivity (Wildman–Crippen MR) is 171 cm³/mol. The molecule has 1 fully saturated rings. The molecule has 246 valence electrons. The number of alkyl halides is 3. The highest BCUT2D eigenvalue weighted by atomic mass is 19.4. The third-order valence-electron chi connectivity index (χ3n) is 9.24.